The molecule has 0 spiro atoms. The number of amides is 1. The van der Waals surface area contributed by atoms with Gasteiger partial charge in [0.05, 0.1) is 6.04 Å². The van der Waals surface area contributed by atoms with Gasteiger partial charge in [-0.1, -0.05) is 32.0 Å². The summed E-state index contributed by atoms with van der Waals surface area (Å²) in [5, 5.41) is 0. The highest BCUT2D eigenvalue weighted by atomic mass is 16.6. The zero-order valence-electron chi connectivity index (χ0n) is 14.1. The van der Waals surface area contributed by atoms with Crippen molar-refractivity contribution in [1.29, 1.82) is 0 Å². The molecule has 0 saturated heterocycles. The lowest BCUT2D eigenvalue weighted by Gasteiger charge is -2.36. The van der Waals surface area contributed by atoms with Crippen LogP contribution in [0.15, 0.2) is 18.2 Å². The van der Waals surface area contributed by atoms with Crippen molar-refractivity contribution < 1.29 is 9.53 Å². The topological polar surface area (TPSA) is 29.5 Å². The molecule has 0 bridgehead atoms. The van der Waals surface area contributed by atoms with Crippen molar-refractivity contribution in [1.82, 2.24) is 4.90 Å². The van der Waals surface area contributed by atoms with Crippen LogP contribution in [0, 0.1) is 0 Å². The van der Waals surface area contributed by atoms with E-state index in [-0.39, 0.29) is 12.1 Å². The van der Waals surface area contributed by atoms with E-state index in [0.717, 1.165) is 13.0 Å². The number of hydrogen-bond acceptors (Lipinski definition) is 2. The van der Waals surface area contributed by atoms with Crippen molar-refractivity contribution in [3.05, 3.63) is 34.9 Å². The Kier molecular flexibility index (Phi) is 4.31. The molecule has 3 heteroatoms. The first-order valence-corrected chi connectivity index (χ1v) is 7.81. The van der Waals surface area contributed by atoms with E-state index in [1.54, 1.807) is 0 Å². The van der Waals surface area contributed by atoms with E-state index in [4.69, 9.17) is 4.74 Å². The van der Waals surface area contributed by atoms with Crippen LogP contribution in [-0.2, 0) is 11.2 Å². The second kappa shape index (κ2) is 5.70. The summed E-state index contributed by atoms with van der Waals surface area (Å²) >= 11 is 0. The molecule has 1 atom stereocenters. The highest BCUT2D eigenvalue weighted by Crippen LogP contribution is 2.32. The Morgan fingerprint density at radius 3 is 2.57 bits per heavy atom. The first-order valence-electron chi connectivity index (χ1n) is 7.81. The van der Waals surface area contributed by atoms with Crippen molar-refractivity contribution >= 4 is 6.09 Å². The Morgan fingerprint density at radius 1 is 1.33 bits per heavy atom. The Morgan fingerprint density at radius 2 is 2.00 bits per heavy atom. The summed E-state index contributed by atoms with van der Waals surface area (Å²) < 4.78 is 5.53. The van der Waals surface area contributed by atoms with E-state index in [9.17, 15) is 4.79 Å². The molecule has 1 aliphatic heterocycles. The molecule has 0 saturated carbocycles. The smallest absolute Gasteiger partial charge is 0.410 e. The van der Waals surface area contributed by atoms with E-state index in [1.807, 2.05) is 25.7 Å². The highest BCUT2D eigenvalue weighted by molar-refractivity contribution is 5.69. The monoisotopic (exact) mass is 289 g/mol. The van der Waals surface area contributed by atoms with Gasteiger partial charge in [0.2, 0.25) is 0 Å². The van der Waals surface area contributed by atoms with Gasteiger partial charge < -0.3 is 9.64 Å². The molecule has 1 heterocycles. The average molecular weight is 289 g/mol. The molecular formula is C18H27NO2. The molecule has 3 nitrogen and oxygen atoms in total. The number of fused-ring (bicyclic) bond motifs is 1. The summed E-state index contributed by atoms with van der Waals surface area (Å²) in [6, 6.07) is 6.75. The van der Waals surface area contributed by atoms with Crippen molar-refractivity contribution in [3.8, 4) is 0 Å². The SMILES string of the molecule is CC(C)c1ccc2c(c1)[C@H](C)N(C(=O)OC(C)(C)C)CC2. The molecule has 0 aliphatic carbocycles. The van der Waals surface area contributed by atoms with E-state index < -0.39 is 5.60 Å². The van der Waals surface area contributed by atoms with E-state index in [2.05, 4.69) is 39.0 Å². The fraction of sp³-hybridized carbons (Fsp3) is 0.611. The maximum absolute atomic E-state index is 12.4. The lowest BCUT2D eigenvalue weighted by Crippen LogP contribution is -2.42. The number of rotatable bonds is 1. The minimum atomic E-state index is -0.448. The molecule has 2 rings (SSSR count). The van der Waals surface area contributed by atoms with Crippen molar-refractivity contribution in [2.75, 3.05) is 6.54 Å². The molecule has 1 aromatic rings. The van der Waals surface area contributed by atoms with Gasteiger partial charge in [-0.25, -0.2) is 4.79 Å². The fourth-order valence-corrected chi connectivity index (χ4v) is 2.76. The van der Waals surface area contributed by atoms with Crippen LogP contribution in [0.4, 0.5) is 4.79 Å². The molecular weight excluding hydrogens is 262 g/mol. The summed E-state index contributed by atoms with van der Waals surface area (Å²) in [7, 11) is 0. The minimum Gasteiger partial charge on any atom is -0.444 e. The lowest BCUT2D eigenvalue weighted by molar-refractivity contribution is 0.0159. The Balaban J connectivity index is 2.24. The first-order chi connectivity index (χ1) is 9.69. The van der Waals surface area contributed by atoms with Crippen molar-refractivity contribution in [2.24, 2.45) is 0 Å². The van der Waals surface area contributed by atoms with Crippen LogP contribution in [0.1, 0.15) is 70.2 Å². The minimum absolute atomic E-state index is 0.0716. The van der Waals surface area contributed by atoms with E-state index >= 15 is 0 Å². The molecule has 0 aromatic heterocycles. The lowest BCUT2D eigenvalue weighted by atomic mass is 9.89. The number of ether oxygens (including phenoxy) is 1. The molecule has 1 amide bonds. The molecule has 1 aliphatic rings. The quantitative estimate of drug-likeness (QED) is 0.752. The molecule has 0 unspecified atom stereocenters. The van der Waals surface area contributed by atoms with Gasteiger partial charge in [-0.15, -0.1) is 0 Å². The van der Waals surface area contributed by atoms with Crippen LogP contribution < -0.4 is 0 Å². The Hall–Kier alpha value is -1.51. The van der Waals surface area contributed by atoms with Gasteiger partial charge in [0, 0.05) is 6.54 Å². The van der Waals surface area contributed by atoms with Crippen LogP contribution in [0.2, 0.25) is 0 Å². The summed E-state index contributed by atoms with van der Waals surface area (Å²) in [6.07, 6.45) is 0.688. The summed E-state index contributed by atoms with van der Waals surface area (Å²) in [4.78, 5) is 14.2. The third-order valence-electron chi connectivity index (χ3n) is 4.00. The van der Waals surface area contributed by atoms with E-state index in [1.165, 1.54) is 16.7 Å². The predicted octanol–water partition coefficient (Wildman–Crippen LogP) is 4.66. The van der Waals surface area contributed by atoms with E-state index in [0.29, 0.717) is 5.92 Å². The largest absolute Gasteiger partial charge is 0.444 e. The van der Waals surface area contributed by atoms with Crippen molar-refractivity contribution in [3.63, 3.8) is 0 Å². The van der Waals surface area contributed by atoms with Crippen LogP contribution in [0.5, 0.6) is 0 Å². The fourth-order valence-electron chi connectivity index (χ4n) is 2.76. The molecule has 0 radical (unpaired) electrons. The number of hydrogen-bond donors (Lipinski definition) is 0. The van der Waals surface area contributed by atoms with Gasteiger partial charge in [0.1, 0.15) is 5.60 Å². The second-order valence-corrected chi connectivity index (χ2v) is 7.21. The standard InChI is InChI=1S/C18H27NO2/c1-12(2)15-8-7-14-9-10-19(13(3)16(14)11-15)17(20)21-18(4,5)6/h7-8,11-13H,9-10H2,1-6H3/t13-/m0/s1. The molecule has 21 heavy (non-hydrogen) atoms. The van der Waals surface area contributed by atoms with Gasteiger partial charge in [-0.3, -0.25) is 0 Å². The number of carbonyl (C=O) groups is 1. The van der Waals surface area contributed by atoms with Crippen LogP contribution in [0.25, 0.3) is 0 Å². The zero-order chi connectivity index (χ0) is 15.8. The third-order valence-corrected chi connectivity index (χ3v) is 4.00. The molecule has 0 fully saturated rings. The Bertz CT molecular complexity index is 529. The molecule has 1 aromatic carbocycles. The van der Waals surface area contributed by atoms with Gasteiger partial charge in [-0.05, 0) is 56.7 Å². The molecule has 0 N–H and O–H groups in total. The number of carbonyl (C=O) groups excluding carboxylic acids is 1. The number of benzene rings is 1. The number of nitrogens with zero attached hydrogens (tertiary/aromatic N) is 1. The average Bonchev–Trinajstić information content (AvgIpc) is 2.36. The maximum atomic E-state index is 12.4. The zero-order valence-corrected chi connectivity index (χ0v) is 14.1. The first kappa shape index (κ1) is 15.9. The summed E-state index contributed by atoms with van der Waals surface area (Å²) in [5.74, 6) is 0.499. The Labute approximate surface area is 128 Å². The van der Waals surface area contributed by atoms with Crippen LogP contribution >= 0.6 is 0 Å². The van der Waals surface area contributed by atoms with Gasteiger partial charge in [0.25, 0.3) is 0 Å². The van der Waals surface area contributed by atoms with Crippen LogP contribution in [0.3, 0.4) is 0 Å². The maximum Gasteiger partial charge on any atom is 0.410 e. The highest BCUT2D eigenvalue weighted by Gasteiger charge is 2.31. The molecule has 116 valence electrons. The van der Waals surface area contributed by atoms with Gasteiger partial charge in [-0.2, -0.15) is 0 Å². The van der Waals surface area contributed by atoms with Gasteiger partial charge in [0.15, 0.2) is 0 Å². The second-order valence-electron chi connectivity index (χ2n) is 7.21. The van der Waals surface area contributed by atoms with Gasteiger partial charge >= 0.3 is 6.09 Å². The van der Waals surface area contributed by atoms with Crippen LogP contribution in [-0.4, -0.2) is 23.1 Å². The summed E-state index contributed by atoms with van der Waals surface area (Å²) in [6.45, 7) is 12.9. The van der Waals surface area contributed by atoms with Crippen molar-refractivity contribution in [2.45, 2.75) is 65.5 Å². The normalized spacial score (nSPS) is 18.6. The summed E-state index contributed by atoms with van der Waals surface area (Å²) in [5.41, 5.74) is 3.49. The predicted molar refractivity (Wildman–Crippen MR) is 85.6 cm³/mol. The third kappa shape index (κ3) is 3.58.